The maximum absolute atomic E-state index is 10.2. The molecule has 0 aliphatic carbocycles. The predicted octanol–water partition coefficient (Wildman–Crippen LogP) is 3.37. The van der Waals surface area contributed by atoms with Crippen LogP contribution < -0.4 is 4.74 Å². The lowest BCUT2D eigenvalue weighted by atomic mass is 10.1. The summed E-state index contributed by atoms with van der Waals surface area (Å²) >= 11 is 0. The van der Waals surface area contributed by atoms with E-state index in [1.165, 1.54) is 0 Å². The van der Waals surface area contributed by atoms with Gasteiger partial charge in [0.2, 0.25) is 0 Å². The lowest BCUT2D eigenvalue weighted by molar-refractivity contribution is 0.194. The third-order valence-electron chi connectivity index (χ3n) is 3.56. The van der Waals surface area contributed by atoms with Gasteiger partial charge in [-0.05, 0) is 37.6 Å². The van der Waals surface area contributed by atoms with E-state index in [-0.39, 0.29) is 0 Å². The first-order valence-corrected chi connectivity index (χ1v) is 6.92. The van der Waals surface area contributed by atoms with Crippen molar-refractivity contribution in [2.75, 3.05) is 7.11 Å². The average Bonchev–Trinajstić information content (AvgIpc) is 2.85. The van der Waals surface area contributed by atoms with E-state index in [9.17, 15) is 5.11 Å². The van der Waals surface area contributed by atoms with Crippen LogP contribution in [-0.2, 0) is 0 Å². The summed E-state index contributed by atoms with van der Waals surface area (Å²) in [6.45, 7) is 3.78. The fourth-order valence-electron chi connectivity index (χ4n) is 2.61. The maximum Gasteiger partial charge on any atom is 0.137 e. The van der Waals surface area contributed by atoms with Crippen LogP contribution in [0.3, 0.4) is 0 Å². The molecular formula is C17H18N2O2. The largest absolute Gasteiger partial charge is 0.496 e. The van der Waals surface area contributed by atoms with Crippen molar-refractivity contribution in [3.63, 3.8) is 0 Å². The molecule has 0 spiro atoms. The molecule has 0 amide bonds. The van der Waals surface area contributed by atoms with E-state index in [0.29, 0.717) is 0 Å². The van der Waals surface area contributed by atoms with Gasteiger partial charge in [-0.1, -0.05) is 18.2 Å². The number of para-hydroxylation sites is 1. The van der Waals surface area contributed by atoms with Crippen LogP contribution in [0.4, 0.5) is 0 Å². The molecule has 1 aromatic carbocycles. The number of aromatic nitrogens is 2. The van der Waals surface area contributed by atoms with Gasteiger partial charge in [-0.2, -0.15) is 0 Å². The minimum Gasteiger partial charge on any atom is -0.496 e. The van der Waals surface area contributed by atoms with E-state index in [1.807, 2.05) is 53.9 Å². The maximum atomic E-state index is 10.2. The van der Waals surface area contributed by atoms with Crippen LogP contribution >= 0.6 is 0 Å². The number of fused-ring (bicyclic) bond motifs is 1. The van der Waals surface area contributed by atoms with Crippen molar-refractivity contribution in [2.45, 2.75) is 20.0 Å². The molecule has 0 radical (unpaired) electrons. The van der Waals surface area contributed by atoms with Crippen LogP contribution in [0.5, 0.6) is 5.75 Å². The molecule has 0 aliphatic heterocycles. The Balaban J connectivity index is 2.34. The minimum atomic E-state index is -0.623. The molecule has 0 saturated carbocycles. The van der Waals surface area contributed by atoms with Crippen molar-refractivity contribution in [1.82, 2.24) is 9.38 Å². The van der Waals surface area contributed by atoms with Gasteiger partial charge in [0.25, 0.3) is 0 Å². The number of benzene rings is 1. The highest BCUT2D eigenvalue weighted by Crippen LogP contribution is 2.34. The molecule has 3 aromatic rings. The standard InChI is InChI=1S/C17H18N2O2/c1-11-8-9-15-18-16(17(12(2)20)19(15)10-11)13-6-4-5-7-14(13)21-3/h4-10,12,20H,1-3H3. The Bertz CT molecular complexity index is 791. The summed E-state index contributed by atoms with van der Waals surface area (Å²) in [6, 6.07) is 11.7. The zero-order valence-electron chi connectivity index (χ0n) is 12.4. The number of imidazole rings is 1. The van der Waals surface area contributed by atoms with Crippen LogP contribution in [0.15, 0.2) is 42.6 Å². The molecule has 2 aromatic heterocycles. The van der Waals surface area contributed by atoms with Crippen molar-refractivity contribution < 1.29 is 9.84 Å². The number of rotatable bonds is 3. The van der Waals surface area contributed by atoms with E-state index in [4.69, 9.17) is 4.74 Å². The minimum absolute atomic E-state index is 0.623. The molecule has 108 valence electrons. The van der Waals surface area contributed by atoms with Gasteiger partial charge < -0.3 is 14.2 Å². The van der Waals surface area contributed by atoms with Gasteiger partial charge >= 0.3 is 0 Å². The van der Waals surface area contributed by atoms with Crippen molar-refractivity contribution in [3.8, 4) is 17.0 Å². The van der Waals surface area contributed by atoms with Gasteiger partial charge in [0.15, 0.2) is 0 Å². The first kappa shape index (κ1) is 13.6. The Morgan fingerprint density at radius 3 is 2.67 bits per heavy atom. The molecule has 0 saturated heterocycles. The number of hydrogen-bond acceptors (Lipinski definition) is 3. The van der Waals surface area contributed by atoms with E-state index in [0.717, 1.165) is 33.9 Å². The first-order chi connectivity index (χ1) is 10.1. The fourth-order valence-corrected chi connectivity index (χ4v) is 2.61. The summed E-state index contributed by atoms with van der Waals surface area (Å²) in [5.41, 5.74) is 4.36. The number of methoxy groups -OCH3 is 1. The summed E-state index contributed by atoms with van der Waals surface area (Å²) in [5.74, 6) is 0.750. The number of aliphatic hydroxyl groups excluding tert-OH is 1. The molecule has 0 fully saturated rings. The van der Waals surface area contributed by atoms with Crippen LogP contribution in [0.1, 0.15) is 24.3 Å². The Hall–Kier alpha value is -2.33. The summed E-state index contributed by atoms with van der Waals surface area (Å²) in [4.78, 5) is 4.68. The van der Waals surface area contributed by atoms with E-state index in [1.54, 1.807) is 14.0 Å². The highest BCUT2D eigenvalue weighted by atomic mass is 16.5. The SMILES string of the molecule is COc1ccccc1-c1nc2ccc(C)cn2c1C(C)O. The van der Waals surface area contributed by atoms with E-state index >= 15 is 0 Å². The molecule has 2 heterocycles. The van der Waals surface area contributed by atoms with Gasteiger partial charge in [-0.15, -0.1) is 0 Å². The van der Waals surface area contributed by atoms with E-state index in [2.05, 4.69) is 4.98 Å². The van der Waals surface area contributed by atoms with Crippen LogP contribution in [0, 0.1) is 6.92 Å². The Morgan fingerprint density at radius 1 is 1.19 bits per heavy atom. The Labute approximate surface area is 123 Å². The second-order valence-electron chi connectivity index (χ2n) is 5.16. The molecular weight excluding hydrogens is 264 g/mol. The van der Waals surface area contributed by atoms with Gasteiger partial charge in [-0.25, -0.2) is 4.98 Å². The zero-order chi connectivity index (χ0) is 15.0. The van der Waals surface area contributed by atoms with Gasteiger partial charge in [-0.3, -0.25) is 0 Å². The van der Waals surface area contributed by atoms with Crippen molar-refractivity contribution in [2.24, 2.45) is 0 Å². The van der Waals surface area contributed by atoms with Crippen LogP contribution in [0.2, 0.25) is 0 Å². The Kier molecular flexibility index (Phi) is 3.39. The molecule has 1 unspecified atom stereocenters. The third kappa shape index (κ3) is 2.28. The highest BCUT2D eigenvalue weighted by Gasteiger charge is 2.20. The van der Waals surface area contributed by atoms with Crippen LogP contribution in [-0.4, -0.2) is 21.6 Å². The highest BCUT2D eigenvalue weighted by molar-refractivity contribution is 5.72. The monoisotopic (exact) mass is 282 g/mol. The van der Waals surface area contributed by atoms with Crippen molar-refractivity contribution in [3.05, 3.63) is 53.9 Å². The molecule has 0 bridgehead atoms. The van der Waals surface area contributed by atoms with Gasteiger partial charge in [0.05, 0.1) is 24.6 Å². The molecule has 21 heavy (non-hydrogen) atoms. The summed E-state index contributed by atoms with van der Waals surface area (Å²) in [6.07, 6.45) is 1.37. The second-order valence-corrected chi connectivity index (χ2v) is 5.16. The molecule has 1 N–H and O–H groups in total. The predicted molar refractivity (Wildman–Crippen MR) is 82.6 cm³/mol. The Morgan fingerprint density at radius 2 is 1.95 bits per heavy atom. The lowest BCUT2D eigenvalue weighted by Crippen LogP contribution is -2.00. The first-order valence-electron chi connectivity index (χ1n) is 6.92. The number of nitrogens with zero attached hydrogens (tertiary/aromatic N) is 2. The topological polar surface area (TPSA) is 46.8 Å². The van der Waals surface area contributed by atoms with Gasteiger partial charge in [0.1, 0.15) is 11.4 Å². The normalized spacial score (nSPS) is 12.6. The molecule has 1 atom stereocenters. The quantitative estimate of drug-likeness (QED) is 0.801. The number of aliphatic hydroxyl groups is 1. The second kappa shape index (κ2) is 5.22. The molecule has 4 nitrogen and oxygen atoms in total. The van der Waals surface area contributed by atoms with Crippen molar-refractivity contribution in [1.29, 1.82) is 0 Å². The third-order valence-corrected chi connectivity index (χ3v) is 3.56. The van der Waals surface area contributed by atoms with Crippen LogP contribution in [0.25, 0.3) is 16.9 Å². The van der Waals surface area contributed by atoms with E-state index < -0.39 is 6.10 Å². The lowest BCUT2D eigenvalue weighted by Gasteiger charge is -2.11. The number of ether oxygens (including phenoxy) is 1. The number of pyridine rings is 1. The summed E-state index contributed by atoms with van der Waals surface area (Å²) in [5, 5.41) is 10.2. The molecule has 4 heteroatoms. The number of hydrogen-bond donors (Lipinski definition) is 1. The summed E-state index contributed by atoms with van der Waals surface area (Å²) < 4.78 is 7.37. The number of aryl methyl sites for hydroxylation is 1. The molecule has 0 aliphatic rings. The smallest absolute Gasteiger partial charge is 0.137 e. The van der Waals surface area contributed by atoms with Gasteiger partial charge in [0, 0.05) is 11.8 Å². The summed E-state index contributed by atoms with van der Waals surface area (Å²) in [7, 11) is 1.64. The molecule has 3 rings (SSSR count). The zero-order valence-corrected chi connectivity index (χ0v) is 12.4. The average molecular weight is 282 g/mol. The van der Waals surface area contributed by atoms with Crippen molar-refractivity contribution >= 4 is 5.65 Å². The fraction of sp³-hybridized carbons (Fsp3) is 0.235.